The number of hydrogen-bond donors (Lipinski definition) is 1. The van der Waals surface area contributed by atoms with Gasteiger partial charge in [-0.25, -0.2) is 4.39 Å². The Balaban J connectivity index is 1.87. The molecule has 94 valence electrons. The van der Waals surface area contributed by atoms with E-state index >= 15 is 0 Å². The highest BCUT2D eigenvalue weighted by Crippen LogP contribution is 2.32. The van der Waals surface area contributed by atoms with Gasteiger partial charge in [0.1, 0.15) is 5.82 Å². The van der Waals surface area contributed by atoms with E-state index in [4.69, 9.17) is 4.74 Å². The van der Waals surface area contributed by atoms with Crippen molar-refractivity contribution >= 4 is 0 Å². The van der Waals surface area contributed by atoms with Crippen molar-refractivity contribution in [3.05, 3.63) is 35.1 Å². The maximum Gasteiger partial charge on any atom is 0.126 e. The van der Waals surface area contributed by atoms with Crippen molar-refractivity contribution in [2.24, 2.45) is 0 Å². The third kappa shape index (κ3) is 3.05. The Bertz CT molecular complexity index is 378. The zero-order chi connectivity index (χ0) is 12.3. The molecule has 0 bridgehead atoms. The molecule has 17 heavy (non-hydrogen) atoms. The summed E-state index contributed by atoms with van der Waals surface area (Å²) in [5.41, 5.74) is 2.00. The van der Waals surface area contributed by atoms with Gasteiger partial charge in [-0.2, -0.15) is 0 Å². The topological polar surface area (TPSA) is 21.3 Å². The van der Waals surface area contributed by atoms with Crippen LogP contribution in [0.25, 0.3) is 0 Å². The summed E-state index contributed by atoms with van der Waals surface area (Å²) >= 11 is 0. The highest BCUT2D eigenvalue weighted by molar-refractivity contribution is 5.35. The Morgan fingerprint density at radius 1 is 1.47 bits per heavy atom. The maximum atomic E-state index is 13.5. The maximum absolute atomic E-state index is 13.5. The molecule has 1 atom stereocenters. The van der Waals surface area contributed by atoms with Crippen molar-refractivity contribution in [2.45, 2.75) is 38.8 Å². The van der Waals surface area contributed by atoms with E-state index in [2.05, 4.69) is 5.32 Å². The zero-order valence-electron chi connectivity index (χ0n) is 10.5. The number of fused-ring (bicyclic) bond motifs is 1. The summed E-state index contributed by atoms with van der Waals surface area (Å²) in [6.07, 6.45) is 2.09. The fourth-order valence-corrected chi connectivity index (χ4v) is 2.35. The first-order valence-corrected chi connectivity index (χ1v) is 6.30. The number of ether oxygens (including phenoxy) is 1. The van der Waals surface area contributed by atoms with E-state index in [9.17, 15) is 4.39 Å². The van der Waals surface area contributed by atoms with E-state index < -0.39 is 0 Å². The van der Waals surface area contributed by atoms with E-state index in [0.717, 1.165) is 30.5 Å². The van der Waals surface area contributed by atoms with E-state index in [-0.39, 0.29) is 18.0 Å². The van der Waals surface area contributed by atoms with Crippen molar-refractivity contribution in [1.29, 1.82) is 0 Å². The van der Waals surface area contributed by atoms with E-state index in [1.54, 1.807) is 12.1 Å². The Morgan fingerprint density at radius 2 is 2.29 bits per heavy atom. The van der Waals surface area contributed by atoms with Gasteiger partial charge in [0, 0.05) is 12.6 Å². The Hall–Kier alpha value is -0.930. The van der Waals surface area contributed by atoms with Crippen LogP contribution in [0.3, 0.4) is 0 Å². The molecule has 0 saturated carbocycles. The average molecular weight is 237 g/mol. The van der Waals surface area contributed by atoms with E-state index in [1.807, 2.05) is 19.9 Å². The summed E-state index contributed by atoms with van der Waals surface area (Å²) in [4.78, 5) is 0. The van der Waals surface area contributed by atoms with Crippen LogP contribution in [-0.2, 0) is 11.2 Å². The molecule has 3 heteroatoms. The summed E-state index contributed by atoms with van der Waals surface area (Å²) < 4.78 is 19.0. The second-order valence-corrected chi connectivity index (χ2v) is 4.77. The van der Waals surface area contributed by atoms with Crippen LogP contribution >= 0.6 is 0 Å². The first kappa shape index (κ1) is 12.5. The van der Waals surface area contributed by atoms with E-state index in [1.165, 1.54) is 0 Å². The molecule has 1 unspecified atom stereocenters. The Labute approximate surface area is 102 Å². The van der Waals surface area contributed by atoms with Crippen LogP contribution in [0, 0.1) is 5.82 Å². The quantitative estimate of drug-likeness (QED) is 0.795. The van der Waals surface area contributed by atoms with Crippen molar-refractivity contribution in [3.8, 4) is 0 Å². The van der Waals surface area contributed by atoms with Gasteiger partial charge in [-0.05, 0) is 43.9 Å². The molecular weight excluding hydrogens is 217 g/mol. The molecule has 0 spiro atoms. The normalized spacial score (nSPS) is 18.7. The predicted octanol–water partition coefficient (Wildman–Crippen LogP) is 2.83. The molecule has 1 aliphatic rings. The van der Waals surface area contributed by atoms with Gasteiger partial charge in [0.25, 0.3) is 0 Å². The van der Waals surface area contributed by atoms with Crippen molar-refractivity contribution < 1.29 is 9.13 Å². The van der Waals surface area contributed by atoms with Crippen LogP contribution in [0.4, 0.5) is 4.39 Å². The fraction of sp³-hybridized carbons (Fsp3) is 0.571. The molecule has 0 aromatic heterocycles. The van der Waals surface area contributed by atoms with Crippen LogP contribution in [0.2, 0.25) is 0 Å². The van der Waals surface area contributed by atoms with Crippen LogP contribution in [-0.4, -0.2) is 19.3 Å². The second-order valence-electron chi connectivity index (χ2n) is 4.77. The molecule has 1 aromatic rings. The summed E-state index contributed by atoms with van der Waals surface area (Å²) in [7, 11) is 0. The van der Waals surface area contributed by atoms with Gasteiger partial charge < -0.3 is 10.1 Å². The van der Waals surface area contributed by atoms with Crippen LogP contribution < -0.4 is 5.32 Å². The molecule has 2 nitrogen and oxygen atoms in total. The molecule has 2 rings (SSSR count). The molecule has 0 heterocycles. The van der Waals surface area contributed by atoms with Crippen LogP contribution in [0.5, 0.6) is 0 Å². The number of hydrogen-bond acceptors (Lipinski definition) is 2. The summed E-state index contributed by atoms with van der Waals surface area (Å²) in [5, 5.41) is 3.43. The smallest absolute Gasteiger partial charge is 0.126 e. The van der Waals surface area contributed by atoms with Crippen LogP contribution in [0.15, 0.2) is 18.2 Å². The minimum atomic E-state index is -0.0646. The minimum Gasteiger partial charge on any atom is -0.377 e. The van der Waals surface area contributed by atoms with Gasteiger partial charge in [-0.3, -0.25) is 0 Å². The number of rotatable bonds is 5. The molecule has 1 aromatic carbocycles. The monoisotopic (exact) mass is 237 g/mol. The lowest BCUT2D eigenvalue weighted by Crippen LogP contribution is -2.24. The number of benzene rings is 1. The first-order valence-electron chi connectivity index (χ1n) is 6.30. The van der Waals surface area contributed by atoms with Crippen molar-refractivity contribution in [3.63, 3.8) is 0 Å². The predicted molar refractivity (Wildman–Crippen MR) is 66.6 cm³/mol. The third-order valence-corrected chi connectivity index (χ3v) is 3.16. The van der Waals surface area contributed by atoms with E-state index in [0.29, 0.717) is 6.61 Å². The molecule has 0 radical (unpaired) electrons. The summed E-state index contributed by atoms with van der Waals surface area (Å²) in [6, 6.07) is 5.64. The van der Waals surface area contributed by atoms with Gasteiger partial charge in [0.15, 0.2) is 0 Å². The average Bonchev–Trinajstić information content (AvgIpc) is 2.69. The first-order chi connectivity index (χ1) is 8.18. The highest BCUT2D eigenvalue weighted by Gasteiger charge is 2.23. The largest absolute Gasteiger partial charge is 0.377 e. The fourth-order valence-electron chi connectivity index (χ4n) is 2.35. The molecule has 0 saturated heterocycles. The molecule has 0 fully saturated rings. The third-order valence-electron chi connectivity index (χ3n) is 3.16. The molecule has 1 aliphatic carbocycles. The van der Waals surface area contributed by atoms with Crippen LogP contribution in [0.1, 0.15) is 37.4 Å². The van der Waals surface area contributed by atoms with Gasteiger partial charge >= 0.3 is 0 Å². The highest BCUT2D eigenvalue weighted by atomic mass is 19.1. The lowest BCUT2D eigenvalue weighted by Gasteiger charge is -2.15. The molecule has 0 amide bonds. The number of halogens is 1. The molecular formula is C14H20FNO. The Kier molecular flexibility index (Phi) is 4.13. The zero-order valence-corrected chi connectivity index (χ0v) is 10.5. The second kappa shape index (κ2) is 5.61. The Morgan fingerprint density at radius 3 is 3.06 bits per heavy atom. The van der Waals surface area contributed by atoms with Gasteiger partial charge in [0.05, 0.1) is 12.7 Å². The van der Waals surface area contributed by atoms with Gasteiger partial charge in [0.2, 0.25) is 0 Å². The minimum absolute atomic E-state index is 0.0646. The van der Waals surface area contributed by atoms with Gasteiger partial charge in [-0.1, -0.05) is 12.1 Å². The summed E-state index contributed by atoms with van der Waals surface area (Å²) in [5.74, 6) is -0.0646. The van der Waals surface area contributed by atoms with Crippen molar-refractivity contribution in [1.82, 2.24) is 5.32 Å². The van der Waals surface area contributed by atoms with Gasteiger partial charge in [-0.15, -0.1) is 0 Å². The van der Waals surface area contributed by atoms with Crippen molar-refractivity contribution in [2.75, 3.05) is 13.2 Å². The molecule has 1 N–H and O–H groups in total. The molecule has 0 aliphatic heterocycles. The number of nitrogens with one attached hydrogen (secondary N) is 1. The lowest BCUT2D eigenvalue weighted by molar-refractivity contribution is 0.0793. The SMILES string of the molecule is CC(C)OCCNC1CCc2c(F)cccc21. The summed E-state index contributed by atoms with van der Waals surface area (Å²) in [6.45, 7) is 5.58. The lowest BCUT2D eigenvalue weighted by atomic mass is 10.1. The standard InChI is InChI=1S/C14H20FNO/c1-10(2)17-9-8-16-14-7-6-11-12(14)4-3-5-13(11)15/h3-5,10,14,16H,6-9H2,1-2H3.